The molecular weight excluding hydrogens is 248 g/mol. The molecule has 0 spiro atoms. The van der Waals surface area contributed by atoms with Gasteiger partial charge < -0.3 is 14.2 Å². The predicted molar refractivity (Wildman–Crippen MR) is 75.3 cm³/mol. The van der Waals surface area contributed by atoms with Gasteiger partial charge in [0.1, 0.15) is 0 Å². The molecule has 2 saturated heterocycles. The quantitative estimate of drug-likeness (QED) is 0.799. The van der Waals surface area contributed by atoms with Crippen molar-refractivity contribution in [1.29, 1.82) is 0 Å². The van der Waals surface area contributed by atoms with E-state index in [2.05, 4.69) is 26.5 Å². The van der Waals surface area contributed by atoms with Crippen LogP contribution in [0.4, 0.5) is 0 Å². The number of hydrogen-bond donors (Lipinski definition) is 1. The molecule has 18 heavy (non-hydrogen) atoms. The van der Waals surface area contributed by atoms with Crippen LogP contribution in [-0.4, -0.2) is 43.9 Å². The first-order chi connectivity index (χ1) is 8.63. The van der Waals surface area contributed by atoms with Gasteiger partial charge >= 0.3 is 0 Å². The molecule has 2 rings (SSSR count). The fourth-order valence-corrected chi connectivity index (χ4v) is 3.34. The lowest BCUT2D eigenvalue weighted by Crippen LogP contribution is -2.40. The molecule has 0 aromatic rings. The normalized spacial score (nSPS) is 36.5. The van der Waals surface area contributed by atoms with Crippen LogP contribution in [0.1, 0.15) is 39.5 Å². The lowest BCUT2D eigenvalue weighted by Gasteiger charge is -2.39. The third kappa shape index (κ3) is 3.86. The second kappa shape index (κ2) is 6.60. The van der Waals surface area contributed by atoms with Crippen LogP contribution in [0.25, 0.3) is 0 Å². The van der Waals surface area contributed by atoms with Gasteiger partial charge in [0.2, 0.25) is 0 Å². The fourth-order valence-electron chi connectivity index (χ4n) is 2.93. The third-order valence-electron chi connectivity index (χ3n) is 4.17. The monoisotopic (exact) mass is 274 g/mol. The average molecular weight is 274 g/mol. The van der Waals surface area contributed by atoms with E-state index in [4.69, 9.17) is 14.2 Å². The molecule has 4 heteroatoms. The zero-order valence-electron chi connectivity index (χ0n) is 11.6. The van der Waals surface area contributed by atoms with Crippen molar-refractivity contribution >= 4 is 12.6 Å². The first kappa shape index (κ1) is 14.6. The van der Waals surface area contributed by atoms with Crippen LogP contribution in [0.15, 0.2) is 0 Å². The molecule has 2 aliphatic heterocycles. The summed E-state index contributed by atoms with van der Waals surface area (Å²) in [6, 6.07) is 0. The van der Waals surface area contributed by atoms with Crippen molar-refractivity contribution in [2.75, 3.05) is 25.6 Å². The molecule has 0 saturated carbocycles. The summed E-state index contributed by atoms with van der Waals surface area (Å²) in [6.45, 7) is 6.79. The summed E-state index contributed by atoms with van der Waals surface area (Å²) in [6.07, 6.45) is 5.17. The highest BCUT2D eigenvalue weighted by atomic mass is 32.1. The Bertz CT molecular complexity index is 243. The van der Waals surface area contributed by atoms with Gasteiger partial charge in [0, 0.05) is 18.6 Å². The third-order valence-corrected chi connectivity index (χ3v) is 4.84. The molecule has 2 atom stereocenters. The maximum atomic E-state index is 6.17. The molecule has 0 radical (unpaired) electrons. The molecule has 0 aliphatic carbocycles. The molecule has 2 fully saturated rings. The summed E-state index contributed by atoms with van der Waals surface area (Å²) in [5.41, 5.74) is 0.228. The summed E-state index contributed by atoms with van der Waals surface area (Å²) in [4.78, 5) is 0. The van der Waals surface area contributed by atoms with E-state index < -0.39 is 0 Å². The fraction of sp³-hybridized carbons (Fsp3) is 1.00. The molecule has 0 amide bonds. The SMILES string of the molecule is CC1CC(OCC2(CS)CCOCC2)CC(C)O1. The molecular formula is C14H26O3S. The van der Waals surface area contributed by atoms with Gasteiger partial charge in [-0.3, -0.25) is 0 Å². The van der Waals surface area contributed by atoms with Crippen LogP contribution in [0.2, 0.25) is 0 Å². The van der Waals surface area contributed by atoms with Gasteiger partial charge in [-0.25, -0.2) is 0 Å². The lowest BCUT2D eigenvalue weighted by molar-refractivity contribution is -0.123. The zero-order valence-corrected chi connectivity index (χ0v) is 12.5. The van der Waals surface area contributed by atoms with Crippen LogP contribution in [-0.2, 0) is 14.2 Å². The van der Waals surface area contributed by atoms with Crippen molar-refractivity contribution in [2.45, 2.75) is 57.8 Å². The summed E-state index contributed by atoms with van der Waals surface area (Å²) >= 11 is 4.52. The standard InChI is InChI=1S/C14H26O3S/c1-11-7-13(8-12(2)17-11)16-9-14(10-18)3-5-15-6-4-14/h11-13,18H,3-10H2,1-2H3. The van der Waals surface area contributed by atoms with Crippen LogP contribution in [0.5, 0.6) is 0 Å². The molecule has 2 aliphatic rings. The first-order valence-electron chi connectivity index (χ1n) is 7.09. The average Bonchev–Trinajstić information content (AvgIpc) is 2.36. The van der Waals surface area contributed by atoms with Gasteiger partial charge in [-0.2, -0.15) is 12.6 Å². The minimum absolute atomic E-state index is 0.228. The largest absolute Gasteiger partial charge is 0.381 e. The van der Waals surface area contributed by atoms with Gasteiger partial charge in [-0.1, -0.05) is 0 Å². The van der Waals surface area contributed by atoms with Gasteiger partial charge in [-0.05, 0) is 45.3 Å². The van der Waals surface area contributed by atoms with Crippen LogP contribution < -0.4 is 0 Å². The molecule has 0 N–H and O–H groups in total. The van der Waals surface area contributed by atoms with Crippen LogP contribution in [0, 0.1) is 5.41 Å². The van der Waals surface area contributed by atoms with Gasteiger partial charge in [0.25, 0.3) is 0 Å². The second-order valence-corrected chi connectivity index (χ2v) is 6.25. The zero-order chi connectivity index (χ0) is 13.0. The number of ether oxygens (including phenoxy) is 3. The lowest BCUT2D eigenvalue weighted by atomic mass is 9.83. The maximum Gasteiger partial charge on any atom is 0.0624 e. The molecule has 0 aromatic carbocycles. The summed E-state index contributed by atoms with van der Waals surface area (Å²) in [5, 5.41) is 0. The minimum Gasteiger partial charge on any atom is -0.381 e. The molecule has 2 heterocycles. The van der Waals surface area contributed by atoms with E-state index in [1.54, 1.807) is 0 Å². The predicted octanol–water partition coefficient (Wildman–Crippen LogP) is 2.69. The summed E-state index contributed by atoms with van der Waals surface area (Å²) in [5.74, 6) is 0.894. The Morgan fingerprint density at radius 2 is 1.78 bits per heavy atom. The Morgan fingerprint density at radius 1 is 1.17 bits per heavy atom. The topological polar surface area (TPSA) is 27.7 Å². The first-order valence-corrected chi connectivity index (χ1v) is 7.72. The molecule has 3 nitrogen and oxygen atoms in total. The van der Waals surface area contributed by atoms with Gasteiger partial charge in [-0.15, -0.1) is 0 Å². The van der Waals surface area contributed by atoms with Gasteiger partial charge in [0.05, 0.1) is 24.9 Å². The molecule has 106 valence electrons. The number of rotatable bonds is 4. The van der Waals surface area contributed by atoms with Crippen LogP contribution in [0.3, 0.4) is 0 Å². The molecule has 2 unspecified atom stereocenters. The summed E-state index contributed by atoms with van der Waals surface area (Å²) in [7, 11) is 0. The smallest absolute Gasteiger partial charge is 0.0624 e. The van der Waals surface area contributed by atoms with Crippen molar-refractivity contribution in [3.8, 4) is 0 Å². The highest BCUT2D eigenvalue weighted by molar-refractivity contribution is 7.80. The number of hydrogen-bond acceptors (Lipinski definition) is 4. The van der Waals surface area contributed by atoms with E-state index in [-0.39, 0.29) is 5.41 Å². The second-order valence-electron chi connectivity index (χ2n) is 5.93. The van der Waals surface area contributed by atoms with Crippen molar-refractivity contribution < 1.29 is 14.2 Å². The Labute approximate surface area is 116 Å². The maximum absolute atomic E-state index is 6.17. The Hall–Kier alpha value is 0.230. The Kier molecular flexibility index (Phi) is 5.36. The van der Waals surface area contributed by atoms with Crippen molar-refractivity contribution in [1.82, 2.24) is 0 Å². The van der Waals surface area contributed by atoms with E-state index in [1.165, 1.54) is 0 Å². The highest BCUT2D eigenvalue weighted by Gasteiger charge is 2.34. The van der Waals surface area contributed by atoms with Crippen LogP contribution >= 0.6 is 12.6 Å². The van der Waals surface area contributed by atoms with Crippen molar-refractivity contribution in [3.63, 3.8) is 0 Å². The molecule has 0 aromatic heterocycles. The van der Waals surface area contributed by atoms with E-state index >= 15 is 0 Å². The Morgan fingerprint density at radius 3 is 2.33 bits per heavy atom. The minimum atomic E-state index is 0.228. The van der Waals surface area contributed by atoms with E-state index in [0.29, 0.717) is 18.3 Å². The van der Waals surface area contributed by atoms with Gasteiger partial charge in [0.15, 0.2) is 0 Å². The van der Waals surface area contributed by atoms with E-state index in [9.17, 15) is 0 Å². The van der Waals surface area contributed by atoms with Crippen molar-refractivity contribution in [3.05, 3.63) is 0 Å². The Balaban J connectivity index is 1.82. The van der Waals surface area contributed by atoms with Crippen molar-refractivity contribution in [2.24, 2.45) is 5.41 Å². The highest BCUT2D eigenvalue weighted by Crippen LogP contribution is 2.33. The van der Waals surface area contributed by atoms with E-state index in [1.807, 2.05) is 0 Å². The summed E-state index contributed by atoms with van der Waals surface area (Å²) < 4.78 is 17.4. The number of thiol groups is 1. The molecule has 0 bridgehead atoms. The van der Waals surface area contributed by atoms with E-state index in [0.717, 1.165) is 51.3 Å².